The average molecular weight is 672 g/mol. The highest BCUT2D eigenvalue weighted by molar-refractivity contribution is 6.14. The molecule has 10 rings (SSSR count). The standard InChI is InChI=1S/C47H37N5/c1-29-26-36(30-23-24-34-40(28-30)52(42-22-10-11-25-48-42)39-21-13-19-37(43(34)39)47(2,3)4)45-41(27-29)51(31-14-6-5-7-15-31)46(50-45)35-18-12-17-33-32-16-8-9-20-38(32)49-44(33)35/h5-28,49H,1-4H3. The molecule has 0 amide bonds. The van der Waals surface area contributed by atoms with Crippen molar-refractivity contribution in [2.75, 3.05) is 0 Å². The number of aromatic amines is 1. The number of hydrogen-bond acceptors (Lipinski definition) is 2. The lowest BCUT2D eigenvalue weighted by atomic mass is 9.84. The Kier molecular flexibility index (Phi) is 6.58. The Morgan fingerprint density at radius 2 is 1.38 bits per heavy atom. The van der Waals surface area contributed by atoms with Crippen LogP contribution in [0.5, 0.6) is 0 Å². The summed E-state index contributed by atoms with van der Waals surface area (Å²) in [4.78, 5) is 14.2. The number of nitrogens with one attached hydrogen (secondary N) is 1. The van der Waals surface area contributed by atoms with E-state index in [-0.39, 0.29) is 5.41 Å². The summed E-state index contributed by atoms with van der Waals surface area (Å²) in [6.07, 6.45) is 1.88. The van der Waals surface area contributed by atoms with E-state index in [4.69, 9.17) is 9.97 Å². The number of pyridine rings is 1. The molecule has 52 heavy (non-hydrogen) atoms. The molecule has 0 unspecified atom stereocenters. The van der Waals surface area contributed by atoms with Crippen LogP contribution in [-0.4, -0.2) is 24.1 Å². The van der Waals surface area contributed by atoms with Gasteiger partial charge in [0.15, 0.2) is 0 Å². The Bertz CT molecular complexity index is 2990. The normalized spacial score (nSPS) is 12.2. The van der Waals surface area contributed by atoms with E-state index in [9.17, 15) is 0 Å². The van der Waals surface area contributed by atoms with E-state index >= 15 is 0 Å². The van der Waals surface area contributed by atoms with Crippen molar-refractivity contribution in [1.82, 2.24) is 24.1 Å². The highest BCUT2D eigenvalue weighted by Gasteiger charge is 2.24. The van der Waals surface area contributed by atoms with Crippen LogP contribution in [0.15, 0.2) is 146 Å². The number of fused-ring (bicyclic) bond motifs is 7. The van der Waals surface area contributed by atoms with Gasteiger partial charge in [-0.15, -0.1) is 0 Å². The number of aromatic nitrogens is 5. The molecule has 0 spiro atoms. The summed E-state index contributed by atoms with van der Waals surface area (Å²) < 4.78 is 4.64. The van der Waals surface area contributed by atoms with Gasteiger partial charge in [-0.25, -0.2) is 9.97 Å². The third-order valence-corrected chi connectivity index (χ3v) is 10.5. The zero-order valence-corrected chi connectivity index (χ0v) is 29.6. The van der Waals surface area contributed by atoms with E-state index in [1.54, 1.807) is 0 Å². The van der Waals surface area contributed by atoms with Crippen LogP contribution < -0.4 is 0 Å². The van der Waals surface area contributed by atoms with Crippen LogP contribution in [0.4, 0.5) is 0 Å². The monoisotopic (exact) mass is 671 g/mol. The molecular weight excluding hydrogens is 635 g/mol. The van der Waals surface area contributed by atoms with E-state index in [0.717, 1.165) is 67.1 Å². The third kappa shape index (κ3) is 4.55. The Balaban J connectivity index is 1.28. The first kappa shape index (κ1) is 30.4. The lowest BCUT2D eigenvalue weighted by Gasteiger charge is -2.20. The van der Waals surface area contributed by atoms with Crippen molar-refractivity contribution in [3.63, 3.8) is 0 Å². The predicted molar refractivity (Wildman–Crippen MR) is 217 cm³/mol. The lowest BCUT2D eigenvalue weighted by molar-refractivity contribution is 0.596. The molecule has 1 N–H and O–H groups in total. The highest BCUT2D eigenvalue weighted by Crippen LogP contribution is 2.42. The zero-order chi connectivity index (χ0) is 35.1. The fourth-order valence-electron chi connectivity index (χ4n) is 8.21. The van der Waals surface area contributed by atoms with Gasteiger partial charge in [0.05, 0.1) is 27.6 Å². The molecule has 4 aromatic heterocycles. The fourth-order valence-corrected chi connectivity index (χ4v) is 8.21. The molecule has 5 heteroatoms. The van der Waals surface area contributed by atoms with Crippen LogP contribution in [0.2, 0.25) is 0 Å². The molecule has 0 atom stereocenters. The van der Waals surface area contributed by atoms with Crippen LogP contribution in [0.25, 0.3) is 88.7 Å². The number of nitrogens with zero attached hydrogens (tertiary/aromatic N) is 4. The van der Waals surface area contributed by atoms with Gasteiger partial charge in [-0.2, -0.15) is 0 Å². The number of aryl methyl sites for hydroxylation is 1. The number of imidazole rings is 1. The molecule has 0 radical (unpaired) electrons. The quantitative estimate of drug-likeness (QED) is 0.202. The first-order valence-electron chi connectivity index (χ1n) is 17.9. The summed E-state index contributed by atoms with van der Waals surface area (Å²) in [5.41, 5.74) is 13.4. The molecule has 250 valence electrons. The molecule has 0 saturated heterocycles. The average Bonchev–Trinajstić information content (AvgIpc) is 3.84. The van der Waals surface area contributed by atoms with Gasteiger partial charge in [0.25, 0.3) is 0 Å². The van der Waals surface area contributed by atoms with E-state index in [1.165, 1.54) is 32.7 Å². The van der Waals surface area contributed by atoms with Crippen molar-refractivity contribution in [3.8, 4) is 34.0 Å². The van der Waals surface area contributed by atoms with Gasteiger partial charge in [0, 0.05) is 50.1 Å². The van der Waals surface area contributed by atoms with E-state index < -0.39 is 0 Å². The van der Waals surface area contributed by atoms with Crippen molar-refractivity contribution in [2.45, 2.75) is 33.1 Å². The Hall–Kier alpha value is -6.46. The minimum atomic E-state index is -0.0291. The predicted octanol–water partition coefficient (Wildman–Crippen LogP) is 12.1. The minimum absolute atomic E-state index is 0.0291. The van der Waals surface area contributed by atoms with Gasteiger partial charge in [-0.3, -0.25) is 9.13 Å². The smallest absolute Gasteiger partial charge is 0.147 e. The molecule has 0 bridgehead atoms. The van der Waals surface area contributed by atoms with Crippen LogP contribution in [0.3, 0.4) is 0 Å². The molecule has 4 heterocycles. The van der Waals surface area contributed by atoms with Crippen molar-refractivity contribution >= 4 is 54.6 Å². The number of H-pyrrole nitrogens is 1. The Labute approximate surface area is 301 Å². The molecule has 0 aliphatic rings. The second kappa shape index (κ2) is 11.3. The molecule has 0 aliphatic carbocycles. The number of para-hydroxylation sites is 3. The van der Waals surface area contributed by atoms with Gasteiger partial charge < -0.3 is 4.98 Å². The number of hydrogen-bond donors (Lipinski definition) is 1. The minimum Gasteiger partial charge on any atom is -0.354 e. The van der Waals surface area contributed by atoms with Gasteiger partial charge in [-0.1, -0.05) is 99.6 Å². The summed E-state index contributed by atoms with van der Waals surface area (Å²) in [5.74, 6) is 1.81. The fraction of sp³-hybridized carbons (Fsp3) is 0.106. The molecule has 0 fully saturated rings. The van der Waals surface area contributed by atoms with Gasteiger partial charge in [0.2, 0.25) is 0 Å². The van der Waals surface area contributed by atoms with E-state index in [0.29, 0.717) is 0 Å². The Morgan fingerprint density at radius 3 is 2.21 bits per heavy atom. The van der Waals surface area contributed by atoms with Crippen LogP contribution in [-0.2, 0) is 5.41 Å². The Morgan fingerprint density at radius 1 is 0.596 bits per heavy atom. The van der Waals surface area contributed by atoms with E-state index in [1.807, 2.05) is 12.3 Å². The summed E-state index contributed by atoms with van der Waals surface area (Å²) >= 11 is 0. The molecule has 0 saturated carbocycles. The first-order valence-corrected chi connectivity index (χ1v) is 17.9. The maximum atomic E-state index is 5.57. The topological polar surface area (TPSA) is 51.4 Å². The van der Waals surface area contributed by atoms with Crippen LogP contribution in [0.1, 0.15) is 31.9 Å². The number of benzene rings is 6. The van der Waals surface area contributed by atoms with Crippen molar-refractivity contribution in [3.05, 3.63) is 157 Å². The molecular formula is C47H37N5. The maximum Gasteiger partial charge on any atom is 0.147 e. The van der Waals surface area contributed by atoms with Crippen LogP contribution >= 0.6 is 0 Å². The van der Waals surface area contributed by atoms with E-state index in [2.05, 4.69) is 175 Å². The lowest BCUT2D eigenvalue weighted by Crippen LogP contribution is -2.11. The van der Waals surface area contributed by atoms with Crippen molar-refractivity contribution in [2.24, 2.45) is 0 Å². The largest absolute Gasteiger partial charge is 0.354 e. The maximum absolute atomic E-state index is 5.57. The van der Waals surface area contributed by atoms with Crippen LogP contribution in [0, 0.1) is 6.92 Å². The first-order chi connectivity index (χ1) is 25.3. The van der Waals surface area contributed by atoms with Gasteiger partial charge >= 0.3 is 0 Å². The van der Waals surface area contributed by atoms with Crippen molar-refractivity contribution in [1.29, 1.82) is 0 Å². The van der Waals surface area contributed by atoms with Gasteiger partial charge in [0.1, 0.15) is 11.6 Å². The highest BCUT2D eigenvalue weighted by atomic mass is 15.1. The summed E-state index contributed by atoms with van der Waals surface area (Å²) in [5, 5.41) is 4.90. The number of rotatable bonds is 4. The second-order valence-electron chi connectivity index (χ2n) is 14.9. The van der Waals surface area contributed by atoms with Gasteiger partial charge in [-0.05, 0) is 89.7 Å². The SMILES string of the molecule is Cc1cc(-c2ccc3c4c(C(C)(C)C)cccc4n(-c4ccccn4)c3c2)c2nc(-c3cccc4c3[nH]c3ccccc34)n(-c3ccccc3)c2c1. The summed E-state index contributed by atoms with van der Waals surface area (Å²) in [6, 6.07) is 49.9. The molecule has 5 nitrogen and oxygen atoms in total. The molecule has 0 aliphatic heterocycles. The molecule has 6 aromatic carbocycles. The third-order valence-electron chi connectivity index (χ3n) is 10.5. The molecule has 10 aromatic rings. The second-order valence-corrected chi connectivity index (χ2v) is 14.9. The zero-order valence-electron chi connectivity index (χ0n) is 29.6. The summed E-state index contributed by atoms with van der Waals surface area (Å²) in [7, 11) is 0. The van der Waals surface area contributed by atoms with Crippen molar-refractivity contribution < 1.29 is 0 Å². The summed E-state index contributed by atoms with van der Waals surface area (Å²) in [6.45, 7) is 9.06.